The molecule has 0 radical (unpaired) electrons. The summed E-state index contributed by atoms with van der Waals surface area (Å²) in [7, 11) is -3.62. The first-order valence-corrected chi connectivity index (χ1v) is 6.30. The minimum Gasteiger partial charge on any atom is -0.398 e. The van der Waals surface area contributed by atoms with Gasteiger partial charge in [0.05, 0.1) is 10.5 Å². The second-order valence-corrected chi connectivity index (χ2v) is 4.99. The molecule has 0 unspecified atom stereocenters. The Bertz CT molecular complexity index is 527. The van der Waals surface area contributed by atoms with E-state index in [0.29, 0.717) is 0 Å². The lowest BCUT2D eigenvalue weighted by Gasteiger charge is -2.08. The average molecular weight is 258 g/mol. The number of rotatable bonds is 4. The van der Waals surface area contributed by atoms with Gasteiger partial charge in [-0.3, -0.25) is 10.2 Å². The molecule has 1 aromatic carbocycles. The summed E-state index contributed by atoms with van der Waals surface area (Å²) in [6.07, 6.45) is 0. The quantitative estimate of drug-likeness (QED) is 0.242. The van der Waals surface area contributed by atoms with Gasteiger partial charge in [-0.05, 0) is 18.2 Å². The molecule has 1 rings (SSSR count). The van der Waals surface area contributed by atoms with E-state index in [9.17, 15) is 13.2 Å². The van der Waals surface area contributed by atoms with Crippen LogP contribution in [0.5, 0.6) is 0 Å². The normalized spacial score (nSPS) is 11.2. The number of hydrogen-bond donors (Lipinski definition) is 4. The van der Waals surface area contributed by atoms with E-state index < -0.39 is 15.9 Å². The highest BCUT2D eigenvalue weighted by atomic mass is 32.2. The topological polar surface area (TPSA) is 127 Å². The van der Waals surface area contributed by atoms with E-state index in [1.165, 1.54) is 18.2 Å². The van der Waals surface area contributed by atoms with Gasteiger partial charge in [0.25, 0.3) is 5.91 Å². The van der Waals surface area contributed by atoms with Crippen molar-refractivity contribution in [3.8, 4) is 0 Å². The van der Waals surface area contributed by atoms with Gasteiger partial charge in [-0.15, -0.1) is 0 Å². The molecular formula is C9H14N4O3S. The molecule has 94 valence electrons. The van der Waals surface area contributed by atoms with Crippen LogP contribution in [0.25, 0.3) is 0 Å². The van der Waals surface area contributed by atoms with Crippen molar-refractivity contribution in [2.45, 2.75) is 11.8 Å². The second kappa shape index (κ2) is 5.13. The maximum absolute atomic E-state index is 11.7. The number of carbonyl (C=O) groups excluding carboxylic acids is 1. The van der Waals surface area contributed by atoms with E-state index in [0.717, 1.165) is 0 Å². The molecule has 7 nitrogen and oxygen atoms in total. The smallest absolute Gasteiger partial charge is 0.267 e. The molecule has 0 aromatic heterocycles. The first kappa shape index (κ1) is 13.4. The predicted octanol–water partition coefficient (Wildman–Crippen LogP) is -0.829. The molecule has 6 N–H and O–H groups in total. The lowest BCUT2D eigenvalue weighted by Crippen LogP contribution is -2.31. The standard InChI is InChI=1S/C9H14N4O3S/c1-2-12-17(15,16)6-3-4-8(10)7(5-6)9(14)13-11/h3-5,12H,2,10-11H2,1H3,(H,13,14). The monoisotopic (exact) mass is 258 g/mol. The molecule has 1 amide bonds. The highest BCUT2D eigenvalue weighted by Gasteiger charge is 2.16. The Morgan fingerprint density at radius 2 is 2.06 bits per heavy atom. The largest absolute Gasteiger partial charge is 0.398 e. The van der Waals surface area contributed by atoms with E-state index in [4.69, 9.17) is 11.6 Å². The molecule has 0 aliphatic heterocycles. The highest BCUT2D eigenvalue weighted by Crippen LogP contribution is 2.17. The van der Waals surface area contributed by atoms with E-state index in [-0.39, 0.29) is 22.7 Å². The molecule has 0 heterocycles. The number of hydrazine groups is 1. The van der Waals surface area contributed by atoms with Gasteiger partial charge in [-0.2, -0.15) is 0 Å². The molecule has 1 aromatic rings. The number of carbonyl (C=O) groups is 1. The number of nitrogens with one attached hydrogen (secondary N) is 2. The molecule has 0 saturated carbocycles. The van der Waals surface area contributed by atoms with Crippen LogP contribution in [0.3, 0.4) is 0 Å². The molecule has 0 atom stereocenters. The molecular weight excluding hydrogens is 244 g/mol. The van der Waals surface area contributed by atoms with Crippen molar-refractivity contribution in [3.63, 3.8) is 0 Å². The summed E-state index contributed by atoms with van der Waals surface area (Å²) in [6, 6.07) is 3.84. The minimum absolute atomic E-state index is 0.0199. The van der Waals surface area contributed by atoms with Crippen LogP contribution in [0.15, 0.2) is 23.1 Å². The molecule has 0 aliphatic rings. The molecule has 0 bridgehead atoms. The molecule has 0 saturated heterocycles. The Balaban J connectivity index is 3.26. The number of sulfonamides is 1. The van der Waals surface area contributed by atoms with Gasteiger partial charge in [0.2, 0.25) is 10.0 Å². The summed E-state index contributed by atoms with van der Waals surface area (Å²) in [4.78, 5) is 11.3. The van der Waals surface area contributed by atoms with Crippen molar-refractivity contribution >= 4 is 21.6 Å². The van der Waals surface area contributed by atoms with Crippen molar-refractivity contribution in [1.82, 2.24) is 10.1 Å². The zero-order chi connectivity index (χ0) is 13.1. The Hall–Kier alpha value is -1.64. The van der Waals surface area contributed by atoms with Gasteiger partial charge < -0.3 is 5.73 Å². The molecule has 0 spiro atoms. The zero-order valence-corrected chi connectivity index (χ0v) is 10.0. The van der Waals surface area contributed by atoms with Crippen molar-refractivity contribution in [3.05, 3.63) is 23.8 Å². The van der Waals surface area contributed by atoms with Crippen LogP contribution in [0.1, 0.15) is 17.3 Å². The average Bonchev–Trinajstić information content (AvgIpc) is 2.28. The molecule has 8 heteroatoms. The summed E-state index contributed by atoms with van der Waals surface area (Å²) in [5.41, 5.74) is 7.63. The predicted molar refractivity (Wildman–Crippen MR) is 63.4 cm³/mol. The van der Waals surface area contributed by atoms with Gasteiger partial charge in [0.1, 0.15) is 0 Å². The fourth-order valence-electron chi connectivity index (χ4n) is 1.25. The first-order valence-electron chi connectivity index (χ1n) is 4.82. The maximum Gasteiger partial charge on any atom is 0.267 e. The van der Waals surface area contributed by atoms with Crippen LogP contribution in [-0.2, 0) is 10.0 Å². The third-order valence-corrected chi connectivity index (χ3v) is 3.59. The van der Waals surface area contributed by atoms with E-state index in [2.05, 4.69) is 4.72 Å². The SMILES string of the molecule is CCNS(=O)(=O)c1ccc(N)c(C(=O)NN)c1. The lowest BCUT2D eigenvalue weighted by molar-refractivity contribution is 0.0954. The van der Waals surface area contributed by atoms with Crippen molar-refractivity contribution in [1.29, 1.82) is 0 Å². The third-order valence-electron chi connectivity index (χ3n) is 2.05. The molecule has 0 aliphatic carbocycles. The van der Waals surface area contributed by atoms with Gasteiger partial charge in [0.15, 0.2) is 0 Å². The number of benzene rings is 1. The number of nitrogens with two attached hydrogens (primary N) is 2. The first-order chi connectivity index (χ1) is 7.92. The Morgan fingerprint density at radius 3 is 2.59 bits per heavy atom. The summed E-state index contributed by atoms with van der Waals surface area (Å²) in [5.74, 6) is 4.33. The summed E-state index contributed by atoms with van der Waals surface area (Å²) in [6.45, 7) is 1.91. The Kier molecular flexibility index (Phi) is 4.05. The van der Waals surface area contributed by atoms with Gasteiger partial charge in [-0.1, -0.05) is 6.92 Å². The van der Waals surface area contributed by atoms with E-state index >= 15 is 0 Å². The van der Waals surface area contributed by atoms with Crippen LogP contribution in [0.2, 0.25) is 0 Å². The van der Waals surface area contributed by atoms with Crippen molar-refractivity contribution in [2.75, 3.05) is 12.3 Å². The summed E-state index contributed by atoms with van der Waals surface area (Å²) >= 11 is 0. The highest BCUT2D eigenvalue weighted by molar-refractivity contribution is 7.89. The van der Waals surface area contributed by atoms with Crippen LogP contribution in [-0.4, -0.2) is 20.9 Å². The van der Waals surface area contributed by atoms with Crippen molar-refractivity contribution in [2.24, 2.45) is 5.84 Å². The van der Waals surface area contributed by atoms with Gasteiger partial charge in [-0.25, -0.2) is 19.0 Å². The number of anilines is 1. The Labute approximate surface area is 99.2 Å². The van der Waals surface area contributed by atoms with Crippen molar-refractivity contribution < 1.29 is 13.2 Å². The second-order valence-electron chi connectivity index (χ2n) is 3.22. The molecule has 0 fully saturated rings. The van der Waals surface area contributed by atoms with Crippen LogP contribution in [0.4, 0.5) is 5.69 Å². The Morgan fingerprint density at radius 1 is 1.41 bits per heavy atom. The number of nitrogen functional groups attached to an aromatic ring is 2. The fraction of sp³-hybridized carbons (Fsp3) is 0.222. The van der Waals surface area contributed by atoms with E-state index in [1.807, 2.05) is 5.43 Å². The number of amides is 1. The van der Waals surface area contributed by atoms with Gasteiger partial charge >= 0.3 is 0 Å². The number of hydrogen-bond acceptors (Lipinski definition) is 5. The fourth-order valence-corrected chi connectivity index (χ4v) is 2.32. The van der Waals surface area contributed by atoms with Crippen LogP contribution < -0.4 is 21.7 Å². The maximum atomic E-state index is 11.7. The minimum atomic E-state index is -3.62. The van der Waals surface area contributed by atoms with E-state index in [1.54, 1.807) is 6.92 Å². The lowest BCUT2D eigenvalue weighted by atomic mass is 10.2. The van der Waals surface area contributed by atoms with Crippen LogP contribution in [0, 0.1) is 0 Å². The summed E-state index contributed by atoms with van der Waals surface area (Å²) < 4.78 is 25.7. The zero-order valence-electron chi connectivity index (χ0n) is 9.23. The summed E-state index contributed by atoms with van der Waals surface area (Å²) in [5, 5.41) is 0. The van der Waals surface area contributed by atoms with Crippen LogP contribution >= 0.6 is 0 Å². The van der Waals surface area contributed by atoms with Gasteiger partial charge in [0, 0.05) is 12.2 Å². The third kappa shape index (κ3) is 2.93. The molecule has 17 heavy (non-hydrogen) atoms.